The quantitative estimate of drug-likeness (QED) is 0.314. The van der Waals surface area contributed by atoms with Crippen LogP contribution < -0.4 is 0 Å². The Morgan fingerprint density at radius 1 is 0.784 bits per heavy atom. The van der Waals surface area contributed by atoms with Crippen LogP contribution in [0.15, 0.2) is 68.0 Å². The van der Waals surface area contributed by atoms with Crippen LogP contribution in [0, 0.1) is 5.92 Å². The van der Waals surface area contributed by atoms with Crippen molar-refractivity contribution in [2.45, 2.75) is 101 Å². The predicted molar refractivity (Wildman–Crippen MR) is 163 cm³/mol. The fourth-order valence-electron chi connectivity index (χ4n) is 8.61. The van der Waals surface area contributed by atoms with Crippen molar-refractivity contribution in [1.29, 1.82) is 0 Å². The van der Waals surface area contributed by atoms with Crippen LogP contribution in [0.5, 0.6) is 0 Å². The monoisotopic (exact) mass is 586 g/mol. The Balaban J connectivity index is 1.87. The summed E-state index contributed by atoms with van der Waals surface area (Å²) in [5.74, 6) is 0.924. The number of fused-ring (bicyclic) bond motifs is 2. The number of allylic oxidation sites excluding steroid dienone is 5. The van der Waals surface area contributed by atoms with E-state index in [1.165, 1.54) is 18.4 Å². The van der Waals surface area contributed by atoms with Gasteiger partial charge >= 0.3 is 230 Å². The van der Waals surface area contributed by atoms with Gasteiger partial charge in [-0.3, -0.25) is 0 Å². The first kappa shape index (κ1) is 27.3. The molecule has 196 valence electrons. The minimum atomic E-state index is -3.60. The van der Waals surface area contributed by atoms with E-state index in [-0.39, 0.29) is 10.8 Å². The van der Waals surface area contributed by atoms with Crippen molar-refractivity contribution >= 4 is 10.2 Å². The molecule has 0 N–H and O–H groups in total. The van der Waals surface area contributed by atoms with Gasteiger partial charge in [0.25, 0.3) is 0 Å². The molecule has 0 radical (unpaired) electrons. The third-order valence-corrected chi connectivity index (χ3v) is 27.0. The van der Waals surface area contributed by atoms with Crippen molar-refractivity contribution < 1.29 is 17.4 Å². The number of hydrogen-bond acceptors (Lipinski definition) is 0. The van der Waals surface area contributed by atoms with Gasteiger partial charge in [0, 0.05) is 0 Å². The van der Waals surface area contributed by atoms with Crippen molar-refractivity contribution in [3.05, 3.63) is 95.9 Å². The van der Waals surface area contributed by atoms with Crippen molar-refractivity contribution in [2.24, 2.45) is 5.92 Å². The number of benzene rings is 2. The summed E-state index contributed by atoms with van der Waals surface area (Å²) < 4.78 is 9.08. The topological polar surface area (TPSA) is 0 Å². The van der Waals surface area contributed by atoms with Gasteiger partial charge in [-0.1, -0.05) is 0 Å². The maximum absolute atomic E-state index is 3.60. The molecule has 2 aromatic carbocycles. The summed E-state index contributed by atoms with van der Waals surface area (Å²) in [7, 11) is 0. The van der Waals surface area contributed by atoms with Gasteiger partial charge < -0.3 is 0 Å². The second-order valence-electron chi connectivity index (χ2n) is 14.9. The summed E-state index contributed by atoms with van der Waals surface area (Å²) in [5, 5.41) is 0. The first-order chi connectivity index (χ1) is 17.0. The van der Waals surface area contributed by atoms with Crippen LogP contribution in [-0.2, 0) is 28.2 Å². The molecule has 0 aliphatic heterocycles. The van der Waals surface area contributed by atoms with E-state index in [1.807, 2.05) is 3.28 Å². The van der Waals surface area contributed by atoms with Crippen molar-refractivity contribution in [3.63, 3.8) is 0 Å². The van der Waals surface area contributed by atoms with Gasteiger partial charge in [-0.05, 0) is 0 Å². The van der Waals surface area contributed by atoms with Crippen LogP contribution in [0.2, 0.25) is 9.26 Å². The zero-order valence-electron chi connectivity index (χ0n) is 25.3. The molecule has 3 aliphatic rings. The molecule has 0 aromatic heterocycles. The van der Waals surface area contributed by atoms with Crippen LogP contribution in [-0.4, -0.2) is 6.88 Å². The second kappa shape index (κ2) is 8.38. The van der Waals surface area contributed by atoms with Gasteiger partial charge in [0.15, 0.2) is 0 Å². The summed E-state index contributed by atoms with van der Waals surface area (Å²) in [5.41, 5.74) is 14.6. The molecule has 2 heteroatoms. The SMILES string of the molecule is CC1=C(C)C(C)[C]([Zr]([CH3])([CH3])(=[SiH2])[C]2=C(C)C(c3ccccc3)c3cc4c(cc32)C(C)(C)CCC4(C)C)=C1C. The molecule has 37 heavy (non-hydrogen) atoms. The summed E-state index contributed by atoms with van der Waals surface area (Å²) in [4.78, 5) is 0. The average molecular weight is 588 g/mol. The van der Waals surface area contributed by atoms with Gasteiger partial charge in [0.05, 0.1) is 0 Å². The standard InChI is InChI=1S/C24H27.C9H13.2CH3.H2Si.Zr/c1-16-13-18-14-20-21(24(4,5)12-11-23(20,2)3)15-19(18)22(16)17-9-7-6-8-10-17;1-6-5-7(2)9(4)8(6)3;;;;/h6-10,14-15,22H,11-12H2,1-5H3;6H,1-4H3;2*1H3;1H2;. The summed E-state index contributed by atoms with van der Waals surface area (Å²) >= 11 is -3.60. The van der Waals surface area contributed by atoms with E-state index in [4.69, 9.17) is 0 Å². The molecule has 5 rings (SSSR count). The molecular weight excluding hydrogens is 540 g/mol. The van der Waals surface area contributed by atoms with Gasteiger partial charge in [0.2, 0.25) is 0 Å². The molecule has 2 unspecified atom stereocenters. The Bertz CT molecular complexity index is 1480. The molecule has 2 aromatic rings. The molecule has 0 amide bonds. The van der Waals surface area contributed by atoms with Crippen LogP contribution in [0.25, 0.3) is 3.28 Å². The van der Waals surface area contributed by atoms with Crippen molar-refractivity contribution in [3.8, 4) is 0 Å². The Hall–Kier alpha value is -1.24. The third kappa shape index (κ3) is 3.90. The summed E-state index contributed by atoms with van der Waals surface area (Å²) in [6, 6.07) is 16.7. The molecule has 0 nitrogen and oxygen atoms in total. The zero-order valence-corrected chi connectivity index (χ0v) is 29.2. The van der Waals surface area contributed by atoms with Crippen LogP contribution >= 0.6 is 0 Å². The van der Waals surface area contributed by atoms with Crippen molar-refractivity contribution in [2.75, 3.05) is 0 Å². The minimum absolute atomic E-state index is 0.219. The number of hydrogen-bond donors (Lipinski definition) is 0. The third-order valence-electron chi connectivity index (χ3n) is 10.9. The zero-order chi connectivity index (χ0) is 27.3. The van der Waals surface area contributed by atoms with Crippen LogP contribution in [0.3, 0.4) is 0 Å². The molecule has 2 atom stereocenters. The fraction of sp³-hybridized carbons (Fsp3) is 0.486. The molecule has 0 saturated heterocycles. The van der Waals surface area contributed by atoms with Crippen LogP contribution in [0.1, 0.15) is 109 Å². The van der Waals surface area contributed by atoms with Gasteiger partial charge in [-0.2, -0.15) is 0 Å². The van der Waals surface area contributed by atoms with E-state index in [9.17, 15) is 0 Å². The van der Waals surface area contributed by atoms with E-state index in [1.54, 1.807) is 47.8 Å². The van der Waals surface area contributed by atoms with E-state index >= 15 is 0 Å². The van der Waals surface area contributed by atoms with E-state index in [0.717, 1.165) is 0 Å². The molecule has 0 bridgehead atoms. The molecule has 0 heterocycles. The molecular formula is C35H48SiZr. The van der Waals surface area contributed by atoms with E-state index in [2.05, 4.69) is 121 Å². The van der Waals surface area contributed by atoms with Gasteiger partial charge in [-0.25, -0.2) is 0 Å². The Morgan fingerprint density at radius 2 is 1.32 bits per heavy atom. The molecule has 0 spiro atoms. The van der Waals surface area contributed by atoms with Gasteiger partial charge in [-0.15, -0.1) is 0 Å². The molecule has 0 saturated carbocycles. The van der Waals surface area contributed by atoms with Gasteiger partial charge in [0.1, 0.15) is 0 Å². The molecule has 0 fully saturated rings. The average Bonchev–Trinajstić information content (AvgIpc) is 3.22. The van der Waals surface area contributed by atoms with E-state index in [0.29, 0.717) is 11.8 Å². The predicted octanol–water partition coefficient (Wildman–Crippen LogP) is 9.51. The Labute approximate surface area is 229 Å². The molecule has 3 aliphatic carbocycles. The summed E-state index contributed by atoms with van der Waals surface area (Å²) in [6.07, 6.45) is 2.52. The van der Waals surface area contributed by atoms with E-state index < -0.39 is 17.4 Å². The first-order valence-electron chi connectivity index (χ1n) is 14.4. The second-order valence-corrected chi connectivity index (χ2v) is 43.2. The van der Waals surface area contributed by atoms with Crippen molar-refractivity contribution in [1.82, 2.24) is 0 Å². The number of rotatable bonds is 3. The van der Waals surface area contributed by atoms with Crippen LogP contribution in [0.4, 0.5) is 0 Å². The first-order valence-corrected chi connectivity index (χ1v) is 27.7. The summed E-state index contributed by atoms with van der Waals surface area (Å²) in [6.45, 7) is 24.5. The normalized spacial score (nSPS) is 25.1. The fourth-order valence-corrected chi connectivity index (χ4v) is 28.9. The Morgan fingerprint density at radius 3 is 1.84 bits per heavy atom. The Kier molecular flexibility index (Phi) is 6.19. The maximum atomic E-state index is 2.74.